The zero-order valence-electron chi connectivity index (χ0n) is 12.5. The average molecular weight is 297 g/mol. The second kappa shape index (κ2) is 6.20. The van der Waals surface area contributed by atoms with E-state index in [1.165, 1.54) is 5.56 Å². The second-order valence-corrected chi connectivity index (χ2v) is 5.70. The third-order valence-corrected chi connectivity index (χ3v) is 3.88. The zero-order valence-corrected chi connectivity index (χ0v) is 12.5. The van der Waals surface area contributed by atoms with Crippen molar-refractivity contribution in [2.75, 3.05) is 0 Å². The van der Waals surface area contributed by atoms with E-state index < -0.39 is 12.0 Å². The molecule has 0 radical (unpaired) electrons. The summed E-state index contributed by atoms with van der Waals surface area (Å²) in [6, 6.07) is 15.2. The molecule has 0 saturated heterocycles. The van der Waals surface area contributed by atoms with E-state index in [-0.39, 0.29) is 0 Å². The minimum atomic E-state index is -0.869. The molecule has 2 N–H and O–H groups in total. The molecule has 2 aromatic rings. The molecule has 0 bridgehead atoms. The van der Waals surface area contributed by atoms with Crippen molar-refractivity contribution in [2.45, 2.75) is 31.8 Å². The predicted molar refractivity (Wildman–Crippen MR) is 82.9 cm³/mol. The highest BCUT2D eigenvalue weighted by Crippen LogP contribution is 2.45. The summed E-state index contributed by atoms with van der Waals surface area (Å²) in [5.74, 6) is 0.655. The Morgan fingerprint density at radius 2 is 1.95 bits per heavy atom. The number of benzene rings is 2. The van der Waals surface area contributed by atoms with Crippen molar-refractivity contribution >= 4 is 5.91 Å². The molecule has 2 aromatic carbocycles. The number of aryl methyl sites for hydroxylation is 1. The van der Waals surface area contributed by atoms with E-state index in [1.54, 1.807) is 5.48 Å². The molecule has 0 aromatic heterocycles. The van der Waals surface area contributed by atoms with Crippen LogP contribution in [-0.2, 0) is 4.79 Å². The Balaban J connectivity index is 1.92. The van der Waals surface area contributed by atoms with Crippen LogP contribution in [0.15, 0.2) is 48.5 Å². The highest BCUT2D eigenvalue weighted by molar-refractivity contribution is 5.81. The highest BCUT2D eigenvalue weighted by atomic mass is 16.5. The normalized spacial score (nSPS) is 15.2. The first-order valence-corrected chi connectivity index (χ1v) is 7.45. The number of rotatable bonds is 5. The molecular formula is C18H19NO3. The van der Waals surface area contributed by atoms with Gasteiger partial charge in [0.25, 0.3) is 5.91 Å². The molecule has 1 amide bonds. The maximum Gasteiger partial charge on any atom is 0.289 e. The summed E-state index contributed by atoms with van der Waals surface area (Å²) in [6.45, 7) is 2.05. The van der Waals surface area contributed by atoms with Gasteiger partial charge in [-0.3, -0.25) is 10.0 Å². The van der Waals surface area contributed by atoms with E-state index in [2.05, 4.69) is 6.07 Å². The van der Waals surface area contributed by atoms with Gasteiger partial charge in [0.2, 0.25) is 6.10 Å². The molecule has 0 aliphatic heterocycles. The SMILES string of the molecule is Cc1ccc(OC(C(=O)NO)c2ccccc2)c(C2CC2)c1. The minimum absolute atomic E-state index is 0.517. The fourth-order valence-electron chi connectivity index (χ4n) is 2.57. The Bertz CT molecular complexity index is 665. The lowest BCUT2D eigenvalue weighted by molar-refractivity contribution is -0.136. The zero-order chi connectivity index (χ0) is 15.5. The number of nitrogens with one attached hydrogen (secondary N) is 1. The number of ether oxygens (including phenoxy) is 1. The van der Waals surface area contributed by atoms with Crippen molar-refractivity contribution < 1.29 is 14.7 Å². The van der Waals surface area contributed by atoms with Crippen molar-refractivity contribution in [3.8, 4) is 5.75 Å². The Morgan fingerprint density at radius 3 is 2.59 bits per heavy atom. The highest BCUT2D eigenvalue weighted by Gasteiger charge is 2.29. The number of amides is 1. The summed E-state index contributed by atoms with van der Waals surface area (Å²) in [4.78, 5) is 12.0. The van der Waals surface area contributed by atoms with Gasteiger partial charge in [-0.2, -0.15) is 0 Å². The first-order chi connectivity index (χ1) is 10.7. The lowest BCUT2D eigenvalue weighted by atomic mass is 10.1. The summed E-state index contributed by atoms with van der Waals surface area (Å²) in [5.41, 5.74) is 4.72. The van der Waals surface area contributed by atoms with Crippen LogP contribution in [0.5, 0.6) is 5.75 Å². The molecule has 1 unspecified atom stereocenters. The molecule has 4 heteroatoms. The molecule has 0 heterocycles. The van der Waals surface area contributed by atoms with E-state index in [4.69, 9.17) is 9.94 Å². The van der Waals surface area contributed by atoms with Gasteiger partial charge in [0.1, 0.15) is 5.75 Å². The van der Waals surface area contributed by atoms with Crippen LogP contribution < -0.4 is 10.2 Å². The predicted octanol–water partition coefficient (Wildman–Crippen LogP) is 3.50. The van der Waals surface area contributed by atoms with Crippen LogP contribution >= 0.6 is 0 Å². The second-order valence-electron chi connectivity index (χ2n) is 5.70. The minimum Gasteiger partial charge on any atom is -0.475 e. The molecular weight excluding hydrogens is 278 g/mol. The van der Waals surface area contributed by atoms with Crippen molar-refractivity contribution in [1.29, 1.82) is 0 Å². The maximum atomic E-state index is 12.0. The van der Waals surface area contributed by atoms with Crippen molar-refractivity contribution in [3.05, 3.63) is 65.2 Å². The van der Waals surface area contributed by atoms with Crippen LogP contribution in [-0.4, -0.2) is 11.1 Å². The van der Waals surface area contributed by atoms with Gasteiger partial charge in [-0.1, -0.05) is 48.0 Å². The third-order valence-electron chi connectivity index (χ3n) is 3.88. The number of carbonyl (C=O) groups is 1. The van der Waals surface area contributed by atoms with Gasteiger partial charge >= 0.3 is 0 Å². The van der Waals surface area contributed by atoms with Crippen molar-refractivity contribution in [1.82, 2.24) is 5.48 Å². The van der Waals surface area contributed by atoms with Gasteiger partial charge in [-0.25, -0.2) is 5.48 Å². The Labute approximate surface area is 129 Å². The summed E-state index contributed by atoms with van der Waals surface area (Å²) >= 11 is 0. The van der Waals surface area contributed by atoms with Gasteiger partial charge < -0.3 is 4.74 Å². The molecule has 0 spiro atoms. The number of hydrogen-bond donors (Lipinski definition) is 2. The third kappa shape index (κ3) is 3.12. The van der Waals surface area contributed by atoms with E-state index in [1.807, 2.05) is 49.4 Å². The fourth-order valence-corrected chi connectivity index (χ4v) is 2.57. The van der Waals surface area contributed by atoms with Crippen molar-refractivity contribution in [2.24, 2.45) is 0 Å². The first kappa shape index (κ1) is 14.6. The monoisotopic (exact) mass is 297 g/mol. The summed E-state index contributed by atoms with van der Waals surface area (Å²) in [7, 11) is 0. The van der Waals surface area contributed by atoms with Gasteiger partial charge in [0, 0.05) is 5.56 Å². The molecule has 1 saturated carbocycles. The lowest BCUT2D eigenvalue weighted by Gasteiger charge is -2.20. The van der Waals surface area contributed by atoms with Gasteiger partial charge in [-0.15, -0.1) is 0 Å². The Morgan fingerprint density at radius 1 is 1.23 bits per heavy atom. The average Bonchev–Trinajstić information content (AvgIpc) is 3.38. The van der Waals surface area contributed by atoms with Crippen LogP contribution in [0.2, 0.25) is 0 Å². The topological polar surface area (TPSA) is 58.6 Å². The number of carbonyl (C=O) groups excluding carboxylic acids is 1. The molecule has 3 rings (SSSR count). The summed E-state index contributed by atoms with van der Waals surface area (Å²) in [5, 5.41) is 9.00. The molecule has 1 atom stereocenters. The quantitative estimate of drug-likeness (QED) is 0.656. The first-order valence-electron chi connectivity index (χ1n) is 7.45. The van der Waals surface area contributed by atoms with Gasteiger partial charge in [0.15, 0.2) is 0 Å². The van der Waals surface area contributed by atoms with E-state index in [0.717, 1.165) is 18.4 Å². The Hall–Kier alpha value is -2.33. The standard InChI is InChI=1S/C18H19NO3/c1-12-7-10-16(15(11-12)13-8-9-13)22-17(18(20)19-21)14-5-3-2-4-6-14/h2-7,10-11,13,17,21H,8-9H2,1H3,(H,19,20). The molecule has 114 valence electrons. The molecule has 1 aliphatic carbocycles. The summed E-state index contributed by atoms with van der Waals surface area (Å²) in [6.07, 6.45) is 1.44. The molecule has 4 nitrogen and oxygen atoms in total. The van der Waals surface area contributed by atoms with Crippen LogP contribution in [0.1, 0.15) is 41.6 Å². The van der Waals surface area contributed by atoms with Crippen LogP contribution in [0, 0.1) is 6.92 Å². The van der Waals surface area contributed by atoms with E-state index in [0.29, 0.717) is 17.2 Å². The van der Waals surface area contributed by atoms with E-state index >= 15 is 0 Å². The number of hydroxylamine groups is 1. The molecule has 22 heavy (non-hydrogen) atoms. The Kier molecular flexibility index (Phi) is 4.11. The number of hydrogen-bond acceptors (Lipinski definition) is 3. The van der Waals surface area contributed by atoms with Crippen LogP contribution in [0.4, 0.5) is 0 Å². The van der Waals surface area contributed by atoms with Gasteiger partial charge in [-0.05, 0) is 37.3 Å². The van der Waals surface area contributed by atoms with E-state index in [9.17, 15) is 4.79 Å². The van der Waals surface area contributed by atoms with Crippen LogP contribution in [0.25, 0.3) is 0 Å². The summed E-state index contributed by atoms with van der Waals surface area (Å²) < 4.78 is 5.97. The maximum absolute atomic E-state index is 12.0. The molecule has 1 aliphatic rings. The van der Waals surface area contributed by atoms with Gasteiger partial charge in [0.05, 0.1) is 0 Å². The largest absolute Gasteiger partial charge is 0.475 e. The fraction of sp³-hybridized carbons (Fsp3) is 0.278. The molecule has 1 fully saturated rings. The van der Waals surface area contributed by atoms with Crippen LogP contribution in [0.3, 0.4) is 0 Å². The smallest absolute Gasteiger partial charge is 0.289 e. The van der Waals surface area contributed by atoms with Crippen molar-refractivity contribution in [3.63, 3.8) is 0 Å². The lowest BCUT2D eigenvalue weighted by Crippen LogP contribution is -2.30.